The fraction of sp³-hybridized carbons (Fsp3) is 0.0248. The van der Waals surface area contributed by atoms with Crippen LogP contribution in [0.1, 0.15) is 0 Å². The second-order valence-electron chi connectivity index (χ2n) is 31.8. The van der Waals surface area contributed by atoms with Gasteiger partial charge in [-0.15, -0.1) is 0 Å². The molecule has 21 aromatic rings. The third-order valence-corrected chi connectivity index (χ3v) is 24.0. The van der Waals surface area contributed by atoms with Crippen LogP contribution in [0.2, 0.25) is 0 Å². The number of anilines is 15. The molecule has 0 saturated carbocycles. The zero-order chi connectivity index (χ0) is 85.6. The molecule has 21 aromatic carbocycles. The van der Waals surface area contributed by atoms with Gasteiger partial charge in [0.15, 0.2) is 0 Å². The van der Waals surface area contributed by atoms with Crippen LogP contribution in [-0.4, -0.2) is 21.1 Å². The summed E-state index contributed by atoms with van der Waals surface area (Å²) in [5.74, 6) is 0. The highest BCUT2D eigenvalue weighted by molar-refractivity contribution is 6.02. The van der Waals surface area contributed by atoms with E-state index in [0.717, 1.165) is 79.6 Å². The summed E-state index contributed by atoms with van der Waals surface area (Å²) < 4.78 is 0. The summed E-state index contributed by atoms with van der Waals surface area (Å²) in [7, 11) is 6.38. The second-order valence-corrected chi connectivity index (χ2v) is 31.8. The molecule has 0 atom stereocenters. The molecule has 0 amide bonds. The maximum Gasteiger partial charge on any atom is 0.0540 e. The lowest BCUT2D eigenvalue weighted by atomic mass is 10.0. The van der Waals surface area contributed by atoms with E-state index in [2.05, 4.69) is 566 Å². The molecule has 6 nitrogen and oxygen atoms in total. The summed E-state index contributed by atoms with van der Waals surface area (Å²) in [6.07, 6.45) is 0. The van der Waals surface area contributed by atoms with Gasteiger partial charge in [-0.05, 0) is 246 Å². The van der Waals surface area contributed by atoms with Gasteiger partial charge in [0.2, 0.25) is 0 Å². The predicted molar refractivity (Wildman–Crippen MR) is 544 cm³/mol. The van der Waals surface area contributed by atoms with Gasteiger partial charge in [0, 0.05) is 106 Å². The lowest BCUT2D eigenvalue weighted by molar-refractivity contribution is 1.20. The van der Waals surface area contributed by atoms with Crippen LogP contribution in [0.4, 0.5) is 85.3 Å². The number of hydrogen-bond donors (Lipinski definition) is 0. The Morgan fingerprint density at radius 3 is 0.630 bits per heavy atom. The van der Waals surface area contributed by atoms with Gasteiger partial charge in [-0.2, -0.15) is 0 Å². The second kappa shape index (κ2) is 37.4. The first-order valence-electron chi connectivity index (χ1n) is 43.3. The predicted octanol–water partition coefficient (Wildman–Crippen LogP) is 33.7. The summed E-state index contributed by atoms with van der Waals surface area (Å²) >= 11 is 0. The third-order valence-electron chi connectivity index (χ3n) is 24.0. The first-order chi connectivity index (χ1) is 62.7. The molecule has 0 N–H and O–H groups in total. The molecule has 127 heavy (non-hydrogen) atoms. The van der Waals surface area contributed by atoms with Gasteiger partial charge in [-0.25, -0.2) is 0 Å². The lowest BCUT2D eigenvalue weighted by Crippen LogP contribution is -2.12. The summed E-state index contributed by atoms with van der Waals surface area (Å²) in [5, 5.41) is 9.83. The van der Waals surface area contributed by atoms with E-state index in [1.54, 1.807) is 0 Å². The minimum absolute atomic E-state index is 1.11. The van der Waals surface area contributed by atoms with Crippen molar-refractivity contribution in [2.75, 3.05) is 50.5 Å². The van der Waals surface area contributed by atoms with Crippen LogP contribution < -0.4 is 29.4 Å². The van der Waals surface area contributed by atoms with Crippen molar-refractivity contribution in [3.05, 3.63) is 516 Å². The minimum Gasteiger partial charge on any atom is -0.345 e. The highest BCUT2D eigenvalue weighted by Crippen LogP contribution is 2.46. The van der Waals surface area contributed by atoms with E-state index in [1.165, 1.54) is 104 Å². The first-order valence-corrected chi connectivity index (χ1v) is 43.3. The lowest BCUT2D eigenvalue weighted by Gasteiger charge is -2.28. The molecule has 6 heteroatoms. The van der Waals surface area contributed by atoms with Crippen LogP contribution in [-0.2, 0) is 0 Å². The van der Waals surface area contributed by atoms with E-state index in [9.17, 15) is 0 Å². The molecular formula is C121H94N6. The topological polar surface area (TPSA) is 19.4 Å². The standard InChI is InChI=1S/2C41H32N2.C39H30N2/c1-42(39-19-10-18-35(30-39)32-14-6-3-7-15-32)36-26-28-38(29-27-36)43(41-21-11-17-34-16-8-9-20-40(34)41)37-24-22-33(23-25-37)31-12-4-2-5-13-31;1-42(36-23-19-33(20-24-36)31-11-4-2-5-12-31)37-27-29-39(30-28-37)43(41-18-10-16-35-15-8-9-17-40(35)41)38-25-21-34(22-26-38)32-13-6-3-7-14-32;1-40(37-23-20-30-12-5-6-14-33(30)28-37)34-24-26-36(27-25-34)41(39-17-9-15-32-13-7-8-16-38(32)39)35-21-18-31(19-22-35)29-10-3-2-4-11-29/h2*2-30H,1H3;2-28H,1H3. The molecule has 0 aliphatic rings. The van der Waals surface area contributed by atoms with E-state index in [1.807, 2.05) is 0 Å². The monoisotopic (exact) mass is 1630 g/mol. The largest absolute Gasteiger partial charge is 0.345 e. The van der Waals surface area contributed by atoms with Crippen LogP contribution in [0.3, 0.4) is 0 Å². The number of benzene rings is 21. The third kappa shape index (κ3) is 17.8. The first kappa shape index (κ1) is 80.2. The van der Waals surface area contributed by atoms with Crippen LogP contribution in [0.25, 0.3) is 98.7 Å². The molecule has 0 aliphatic heterocycles. The number of hydrogen-bond acceptors (Lipinski definition) is 6. The number of nitrogens with zero attached hydrogens (tertiary/aromatic N) is 6. The summed E-state index contributed by atoms with van der Waals surface area (Å²) in [4.78, 5) is 13.8. The Labute approximate surface area is 745 Å². The van der Waals surface area contributed by atoms with E-state index < -0.39 is 0 Å². The highest BCUT2D eigenvalue weighted by atomic mass is 15.2. The van der Waals surface area contributed by atoms with Crippen molar-refractivity contribution in [2.45, 2.75) is 0 Å². The van der Waals surface area contributed by atoms with Crippen LogP contribution in [0, 0.1) is 0 Å². The SMILES string of the molecule is CN(c1ccc(-c2ccccc2)cc1)c1ccc(N(c2ccc(-c3ccccc3)cc2)c2cccc3ccccc23)cc1.CN(c1ccc(N(c2ccc(-c3ccccc3)cc2)c2cccc3ccccc23)cc1)c1ccc2ccccc2c1.CN(c1ccc(N(c2ccc(-c3ccccc3)cc2)c2cccc3ccccc23)cc1)c1cccc(-c2ccccc2)c1. The van der Waals surface area contributed by atoms with Crippen molar-refractivity contribution in [1.82, 2.24) is 0 Å². The van der Waals surface area contributed by atoms with Crippen molar-refractivity contribution in [3.8, 4) is 55.6 Å². The highest BCUT2D eigenvalue weighted by Gasteiger charge is 2.22. The van der Waals surface area contributed by atoms with Crippen molar-refractivity contribution in [1.29, 1.82) is 0 Å². The van der Waals surface area contributed by atoms with E-state index >= 15 is 0 Å². The smallest absolute Gasteiger partial charge is 0.0540 e. The van der Waals surface area contributed by atoms with Gasteiger partial charge in [0.25, 0.3) is 0 Å². The molecule has 0 heterocycles. The minimum atomic E-state index is 1.11. The van der Waals surface area contributed by atoms with Gasteiger partial charge in [0.1, 0.15) is 0 Å². The average Bonchev–Trinajstić information content (AvgIpc) is 0.782. The summed E-state index contributed by atoms with van der Waals surface area (Å²) in [5.41, 5.74) is 29.2. The molecule has 0 spiro atoms. The van der Waals surface area contributed by atoms with Gasteiger partial charge in [0.05, 0.1) is 17.1 Å². The fourth-order valence-electron chi connectivity index (χ4n) is 17.1. The Kier molecular flexibility index (Phi) is 23.6. The maximum absolute atomic E-state index is 2.36. The molecule has 0 aliphatic carbocycles. The molecule has 0 saturated heterocycles. The normalized spacial score (nSPS) is 11.0. The van der Waals surface area contributed by atoms with Gasteiger partial charge in [-0.1, -0.05) is 352 Å². The van der Waals surface area contributed by atoms with Gasteiger partial charge in [-0.3, -0.25) is 0 Å². The Hall–Kier alpha value is -16.5. The average molecular weight is 1630 g/mol. The summed E-state index contributed by atoms with van der Waals surface area (Å²) in [6, 6.07) is 184. The molecular weight excluding hydrogens is 1540 g/mol. The molecule has 21 rings (SSSR count). The molecule has 0 aromatic heterocycles. The Morgan fingerprint density at radius 2 is 0.315 bits per heavy atom. The van der Waals surface area contributed by atoms with Crippen molar-refractivity contribution >= 4 is 128 Å². The van der Waals surface area contributed by atoms with Crippen molar-refractivity contribution < 1.29 is 0 Å². The molecule has 0 radical (unpaired) electrons. The van der Waals surface area contributed by atoms with Crippen LogP contribution in [0.5, 0.6) is 0 Å². The van der Waals surface area contributed by atoms with Crippen LogP contribution >= 0.6 is 0 Å². The zero-order valence-electron chi connectivity index (χ0n) is 71.3. The molecule has 0 unspecified atom stereocenters. The zero-order valence-corrected chi connectivity index (χ0v) is 71.3. The Bertz CT molecular complexity index is 7230. The molecule has 0 bridgehead atoms. The van der Waals surface area contributed by atoms with Gasteiger partial charge < -0.3 is 29.4 Å². The number of rotatable bonds is 20. The molecule has 0 fully saturated rings. The van der Waals surface area contributed by atoms with E-state index in [-0.39, 0.29) is 0 Å². The van der Waals surface area contributed by atoms with E-state index in [0.29, 0.717) is 0 Å². The molecule has 608 valence electrons. The van der Waals surface area contributed by atoms with Crippen molar-refractivity contribution in [3.63, 3.8) is 0 Å². The quantitative estimate of drug-likeness (QED) is 0.0752. The summed E-state index contributed by atoms with van der Waals surface area (Å²) in [6.45, 7) is 0. The van der Waals surface area contributed by atoms with Crippen LogP contribution in [0.15, 0.2) is 516 Å². The maximum atomic E-state index is 2.36. The Morgan fingerprint density at radius 1 is 0.118 bits per heavy atom. The number of fused-ring (bicyclic) bond motifs is 4. The van der Waals surface area contributed by atoms with Crippen molar-refractivity contribution in [2.24, 2.45) is 0 Å². The fourth-order valence-corrected chi connectivity index (χ4v) is 17.1. The Balaban J connectivity index is 0.000000124. The van der Waals surface area contributed by atoms with E-state index in [4.69, 9.17) is 0 Å². The van der Waals surface area contributed by atoms with Gasteiger partial charge >= 0.3 is 0 Å².